The van der Waals surface area contributed by atoms with Crippen LogP contribution in [0.25, 0.3) is 0 Å². The predicted molar refractivity (Wildman–Crippen MR) is 52.2 cm³/mol. The van der Waals surface area contributed by atoms with Gasteiger partial charge in [-0.3, -0.25) is 4.79 Å². The minimum absolute atomic E-state index is 0.136. The van der Waals surface area contributed by atoms with E-state index in [1.165, 1.54) is 7.11 Å². The molecule has 0 saturated heterocycles. The molecule has 3 nitrogen and oxygen atoms in total. The largest absolute Gasteiger partial charge is 0.469 e. The Bertz CT molecular complexity index is 128. The molecular formula is C8H17NO2S. The quantitative estimate of drug-likeness (QED) is 0.503. The third-order valence-electron chi connectivity index (χ3n) is 1.40. The zero-order valence-corrected chi connectivity index (χ0v) is 8.52. The van der Waals surface area contributed by atoms with Gasteiger partial charge in [-0.05, 0) is 19.1 Å². The highest BCUT2D eigenvalue weighted by Crippen LogP contribution is 2.05. The van der Waals surface area contributed by atoms with E-state index >= 15 is 0 Å². The van der Waals surface area contributed by atoms with Crippen LogP contribution < -0.4 is 5.73 Å². The third kappa shape index (κ3) is 7.88. The molecule has 4 heteroatoms. The summed E-state index contributed by atoms with van der Waals surface area (Å²) in [6.45, 7) is 1.99. The normalized spacial score (nSPS) is 12.6. The van der Waals surface area contributed by atoms with Gasteiger partial charge >= 0.3 is 5.97 Å². The molecule has 12 heavy (non-hydrogen) atoms. The Morgan fingerprint density at radius 3 is 2.75 bits per heavy atom. The van der Waals surface area contributed by atoms with Crippen molar-refractivity contribution in [2.45, 2.75) is 25.8 Å². The van der Waals surface area contributed by atoms with Crippen LogP contribution in [0.1, 0.15) is 19.8 Å². The van der Waals surface area contributed by atoms with Crippen molar-refractivity contribution in [3.63, 3.8) is 0 Å². The van der Waals surface area contributed by atoms with Crippen molar-refractivity contribution in [3.8, 4) is 0 Å². The molecule has 2 N–H and O–H groups in total. The van der Waals surface area contributed by atoms with Gasteiger partial charge in [0, 0.05) is 11.8 Å². The molecule has 0 aromatic rings. The lowest BCUT2D eigenvalue weighted by Crippen LogP contribution is -2.15. The summed E-state index contributed by atoms with van der Waals surface area (Å²) in [5.41, 5.74) is 5.56. The van der Waals surface area contributed by atoms with Crippen molar-refractivity contribution in [3.05, 3.63) is 0 Å². The second kappa shape index (κ2) is 7.43. The molecule has 0 heterocycles. The molecule has 1 atom stereocenters. The number of nitrogens with two attached hydrogens (primary N) is 1. The van der Waals surface area contributed by atoms with E-state index in [0.29, 0.717) is 6.42 Å². The van der Waals surface area contributed by atoms with Crippen molar-refractivity contribution in [2.75, 3.05) is 18.6 Å². The molecule has 0 radical (unpaired) electrons. The average Bonchev–Trinajstić information content (AvgIpc) is 2.03. The summed E-state index contributed by atoms with van der Waals surface area (Å²) in [6.07, 6.45) is 1.51. The number of carbonyl (C=O) groups is 1. The van der Waals surface area contributed by atoms with Crippen molar-refractivity contribution in [1.82, 2.24) is 0 Å². The van der Waals surface area contributed by atoms with Gasteiger partial charge in [0.15, 0.2) is 0 Å². The van der Waals surface area contributed by atoms with Crippen molar-refractivity contribution >= 4 is 17.7 Å². The number of esters is 1. The van der Waals surface area contributed by atoms with Crippen LogP contribution in [0.3, 0.4) is 0 Å². The molecular weight excluding hydrogens is 174 g/mol. The van der Waals surface area contributed by atoms with Crippen molar-refractivity contribution < 1.29 is 9.53 Å². The highest BCUT2D eigenvalue weighted by atomic mass is 32.2. The van der Waals surface area contributed by atoms with E-state index < -0.39 is 0 Å². The molecule has 0 saturated carbocycles. The van der Waals surface area contributed by atoms with Gasteiger partial charge in [-0.1, -0.05) is 0 Å². The number of rotatable bonds is 6. The van der Waals surface area contributed by atoms with E-state index in [1.54, 1.807) is 11.8 Å². The van der Waals surface area contributed by atoms with Crippen molar-refractivity contribution in [2.24, 2.45) is 5.73 Å². The lowest BCUT2D eigenvalue weighted by Gasteiger charge is -2.03. The topological polar surface area (TPSA) is 52.3 Å². The van der Waals surface area contributed by atoms with Crippen LogP contribution >= 0.6 is 11.8 Å². The molecule has 1 unspecified atom stereocenters. The maximum absolute atomic E-state index is 10.6. The molecule has 0 aliphatic carbocycles. The summed E-state index contributed by atoms with van der Waals surface area (Å²) >= 11 is 1.74. The molecule has 72 valence electrons. The second-order valence-electron chi connectivity index (χ2n) is 2.70. The maximum Gasteiger partial charge on any atom is 0.306 e. The van der Waals surface area contributed by atoms with Gasteiger partial charge in [0.2, 0.25) is 0 Å². The Kier molecular flexibility index (Phi) is 7.29. The fourth-order valence-electron chi connectivity index (χ4n) is 0.629. The summed E-state index contributed by atoms with van der Waals surface area (Å²) in [5, 5.41) is 0. The summed E-state index contributed by atoms with van der Waals surface area (Å²) in [4.78, 5) is 10.6. The van der Waals surface area contributed by atoms with Crippen molar-refractivity contribution in [1.29, 1.82) is 0 Å². The lowest BCUT2D eigenvalue weighted by atomic mass is 10.3. The first kappa shape index (κ1) is 11.8. The fraction of sp³-hybridized carbons (Fsp3) is 0.875. The van der Waals surface area contributed by atoms with Crippen LogP contribution in [0, 0.1) is 0 Å². The molecule has 0 rings (SSSR count). The van der Waals surface area contributed by atoms with Gasteiger partial charge in [0.05, 0.1) is 13.5 Å². The smallest absolute Gasteiger partial charge is 0.306 e. The predicted octanol–water partition coefficient (Wildman–Crippen LogP) is 1.02. The second-order valence-corrected chi connectivity index (χ2v) is 3.93. The fourth-order valence-corrected chi connectivity index (χ4v) is 1.68. The Hall–Kier alpha value is -0.220. The first-order chi connectivity index (χ1) is 5.66. The Morgan fingerprint density at radius 2 is 2.25 bits per heavy atom. The molecule has 0 fully saturated rings. The van der Waals surface area contributed by atoms with Gasteiger partial charge in [0.1, 0.15) is 0 Å². The number of carbonyl (C=O) groups excluding carboxylic acids is 1. The molecule has 0 bridgehead atoms. The molecule has 0 aromatic heterocycles. The number of thioether (sulfide) groups is 1. The molecule has 0 aromatic carbocycles. The molecule has 0 spiro atoms. The maximum atomic E-state index is 10.6. The number of hydrogen-bond donors (Lipinski definition) is 1. The van der Waals surface area contributed by atoms with Gasteiger partial charge in [-0.15, -0.1) is 0 Å². The molecule has 0 aliphatic rings. The Balaban J connectivity index is 3.05. The first-order valence-electron chi connectivity index (χ1n) is 4.07. The standard InChI is InChI=1S/C8H17NO2S/c1-7(9)3-5-12-6-4-8(10)11-2/h7H,3-6,9H2,1-2H3. The monoisotopic (exact) mass is 191 g/mol. The SMILES string of the molecule is COC(=O)CCSCCC(C)N. The van der Waals surface area contributed by atoms with Crippen LogP contribution in [0.4, 0.5) is 0 Å². The summed E-state index contributed by atoms with van der Waals surface area (Å²) in [5.74, 6) is 1.72. The average molecular weight is 191 g/mol. The van der Waals surface area contributed by atoms with Crippen LogP contribution in [0.2, 0.25) is 0 Å². The van der Waals surface area contributed by atoms with Crippen LogP contribution in [-0.2, 0) is 9.53 Å². The van der Waals surface area contributed by atoms with Crippen LogP contribution in [0.5, 0.6) is 0 Å². The third-order valence-corrected chi connectivity index (χ3v) is 2.41. The summed E-state index contributed by atoms with van der Waals surface area (Å²) in [6, 6.07) is 0.260. The van der Waals surface area contributed by atoms with E-state index in [0.717, 1.165) is 17.9 Å². The molecule has 0 amide bonds. The van der Waals surface area contributed by atoms with Gasteiger partial charge in [-0.25, -0.2) is 0 Å². The zero-order valence-electron chi connectivity index (χ0n) is 7.71. The number of ether oxygens (including phenoxy) is 1. The highest BCUT2D eigenvalue weighted by Gasteiger charge is 1.99. The Morgan fingerprint density at radius 1 is 1.58 bits per heavy atom. The van der Waals surface area contributed by atoms with Gasteiger partial charge in [-0.2, -0.15) is 11.8 Å². The minimum Gasteiger partial charge on any atom is -0.469 e. The summed E-state index contributed by atoms with van der Waals surface area (Å²) < 4.78 is 4.50. The first-order valence-corrected chi connectivity index (χ1v) is 5.22. The number of methoxy groups -OCH3 is 1. The Labute approximate surface area is 78.0 Å². The van der Waals surface area contributed by atoms with Gasteiger partial charge < -0.3 is 10.5 Å². The van der Waals surface area contributed by atoms with Crippen LogP contribution in [-0.4, -0.2) is 30.6 Å². The highest BCUT2D eigenvalue weighted by molar-refractivity contribution is 7.99. The zero-order chi connectivity index (χ0) is 9.40. The minimum atomic E-state index is -0.136. The van der Waals surface area contributed by atoms with E-state index in [-0.39, 0.29) is 12.0 Å². The van der Waals surface area contributed by atoms with E-state index in [4.69, 9.17) is 5.73 Å². The summed E-state index contributed by atoms with van der Waals surface area (Å²) in [7, 11) is 1.41. The van der Waals surface area contributed by atoms with E-state index in [9.17, 15) is 4.79 Å². The van der Waals surface area contributed by atoms with Gasteiger partial charge in [0.25, 0.3) is 0 Å². The number of hydrogen-bond acceptors (Lipinski definition) is 4. The van der Waals surface area contributed by atoms with E-state index in [1.807, 2.05) is 6.92 Å². The van der Waals surface area contributed by atoms with E-state index in [2.05, 4.69) is 4.74 Å². The van der Waals surface area contributed by atoms with Crippen LogP contribution in [0.15, 0.2) is 0 Å². The lowest BCUT2D eigenvalue weighted by molar-refractivity contribution is -0.140. The molecule has 0 aliphatic heterocycles.